The summed E-state index contributed by atoms with van der Waals surface area (Å²) < 4.78 is 5.30. The average molecular weight is 332 g/mol. The molecule has 0 saturated carbocycles. The van der Waals surface area contributed by atoms with Gasteiger partial charge in [-0.05, 0) is 31.2 Å². The maximum Gasteiger partial charge on any atom is 0.337 e. The molecule has 0 fully saturated rings. The van der Waals surface area contributed by atoms with Crippen molar-refractivity contribution in [3.63, 3.8) is 0 Å². The van der Waals surface area contributed by atoms with Crippen molar-refractivity contribution in [3.8, 4) is 11.8 Å². The highest BCUT2D eigenvalue weighted by molar-refractivity contribution is 6.33. The van der Waals surface area contributed by atoms with E-state index in [0.29, 0.717) is 17.1 Å². The lowest BCUT2D eigenvalue weighted by atomic mass is 10.0. The van der Waals surface area contributed by atoms with E-state index < -0.39 is 5.97 Å². The molecule has 0 bridgehead atoms. The number of rotatable bonds is 5. The summed E-state index contributed by atoms with van der Waals surface area (Å²) in [4.78, 5) is 14.9. The Bertz CT molecular complexity index is 787. The van der Waals surface area contributed by atoms with E-state index in [1.54, 1.807) is 25.3 Å². The first-order valence-electron chi connectivity index (χ1n) is 6.69. The SMILES string of the molecule is COc1ccc(C#N)cc1[C@H](C)Nc1ncc(C(=O)O)cc1Cl. The minimum absolute atomic E-state index is 0.0114. The van der Waals surface area contributed by atoms with E-state index in [1.807, 2.05) is 6.92 Å². The molecule has 2 rings (SSSR count). The van der Waals surface area contributed by atoms with Crippen molar-refractivity contribution in [1.82, 2.24) is 4.98 Å². The maximum atomic E-state index is 10.9. The van der Waals surface area contributed by atoms with Crippen molar-refractivity contribution in [2.45, 2.75) is 13.0 Å². The fraction of sp³-hybridized carbons (Fsp3) is 0.188. The number of hydrogen-bond acceptors (Lipinski definition) is 5. The van der Waals surface area contributed by atoms with E-state index in [1.165, 1.54) is 12.3 Å². The fourth-order valence-electron chi connectivity index (χ4n) is 2.09. The summed E-state index contributed by atoms with van der Waals surface area (Å²) in [5, 5.41) is 21.2. The third-order valence-corrected chi connectivity index (χ3v) is 3.55. The van der Waals surface area contributed by atoms with Crippen LogP contribution in [0.2, 0.25) is 5.02 Å². The van der Waals surface area contributed by atoms with Gasteiger partial charge >= 0.3 is 5.97 Å². The summed E-state index contributed by atoms with van der Waals surface area (Å²) in [6, 6.07) is 8.26. The Kier molecular flexibility index (Phi) is 5.04. The first kappa shape index (κ1) is 16.6. The minimum atomic E-state index is -1.10. The van der Waals surface area contributed by atoms with Gasteiger partial charge in [-0.15, -0.1) is 0 Å². The second-order valence-corrected chi connectivity index (χ2v) is 5.20. The van der Waals surface area contributed by atoms with Crippen LogP contribution in [0.15, 0.2) is 30.5 Å². The number of hydrogen-bond donors (Lipinski definition) is 2. The molecule has 0 aliphatic carbocycles. The van der Waals surface area contributed by atoms with Gasteiger partial charge in [-0.3, -0.25) is 0 Å². The number of nitrogens with one attached hydrogen (secondary N) is 1. The number of anilines is 1. The smallest absolute Gasteiger partial charge is 0.337 e. The molecule has 1 aromatic heterocycles. The molecule has 7 heteroatoms. The zero-order chi connectivity index (χ0) is 17.0. The highest BCUT2D eigenvalue weighted by Crippen LogP contribution is 2.30. The number of halogens is 1. The Balaban J connectivity index is 2.30. The third kappa shape index (κ3) is 3.71. The number of carbonyl (C=O) groups is 1. The van der Waals surface area contributed by atoms with E-state index in [4.69, 9.17) is 26.7 Å². The number of aromatic carboxylic acids is 1. The van der Waals surface area contributed by atoms with Crippen LogP contribution >= 0.6 is 11.6 Å². The van der Waals surface area contributed by atoms with Crippen LogP contribution in [0.4, 0.5) is 5.82 Å². The lowest BCUT2D eigenvalue weighted by Crippen LogP contribution is -2.11. The summed E-state index contributed by atoms with van der Waals surface area (Å²) in [7, 11) is 1.55. The van der Waals surface area contributed by atoms with Crippen molar-refractivity contribution in [2.24, 2.45) is 0 Å². The van der Waals surface area contributed by atoms with E-state index in [0.717, 1.165) is 5.56 Å². The highest BCUT2D eigenvalue weighted by atomic mass is 35.5. The molecular weight excluding hydrogens is 318 g/mol. The molecule has 0 aliphatic heterocycles. The molecule has 6 nitrogen and oxygen atoms in total. The van der Waals surface area contributed by atoms with E-state index in [-0.39, 0.29) is 16.6 Å². The lowest BCUT2D eigenvalue weighted by Gasteiger charge is -2.19. The zero-order valence-electron chi connectivity index (χ0n) is 12.5. The van der Waals surface area contributed by atoms with Gasteiger partial charge in [0.1, 0.15) is 11.6 Å². The molecule has 1 atom stereocenters. The van der Waals surface area contributed by atoms with Crippen LogP contribution in [0.25, 0.3) is 0 Å². The summed E-state index contributed by atoms with van der Waals surface area (Å²) in [5.74, 6) is -0.113. The minimum Gasteiger partial charge on any atom is -0.496 e. The van der Waals surface area contributed by atoms with Crippen LogP contribution in [-0.2, 0) is 0 Å². The van der Waals surface area contributed by atoms with Crippen LogP contribution in [0.1, 0.15) is 34.5 Å². The van der Waals surface area contributed by atoms with Crippen molar-refractivity contribution < 1.29 is 14.6 Å². The van der Waals surface area contributed by atoms with Gasteiger partial charge in [-0.25, -0.2) is 9.78 Å². The van der Waals surface area contributed by atoms with Gasteiger partial charge in [-0.1, -0.05) is 11.6 Å². The molecule has 118 valence electrons. The fourth-order valence-corrected chi connectivity index (χ4v) is 2.31. The Morgan fingerprint density at radius 2 is 2.22 bits per heavy atom. The molecule has 1 heterocycles. The Labute approximate surface area is 138 Å². The summed E-state index contributed by atoms with van der Waals surface area (Å²) in [6.45, 7) is 1.86. The van der Waals surface area contributed by atoms with E-state index in [2.05, 4.69) is 16.4 Å². The molecule has 1 aromatic carbocycles. The molecular formula is C16H14ClN3O3. The standard InChI is InChI=1S/C16H14ClN3O3/c1-9(12-5-10(7-18)3-4-14(12)23-2)20-15-13(17)6-11(8-19-15)16(21)22/h3-6,8-9H,1-2H3,(H,19,20)(H,21,22)/t9-/m0/s1. The number of methoxy groups -OCH3 is 1. The van der Waals surface area contributed by atoms with Crippen LogP contribution in [-0.4, -0.2) is 23.2 Å². The van der Waals surface area contributed by atoms with E-state index in [9.17, 15) is 4.79 Å². The Morgan fingerprint density at radius 3 is 2.78 bits per heavy atom. The van der Waals surface area contributed by atoms with Gasteiger partial charge in [0, 0.05) is 11.8 Å². The number of carboxylic acid groups (broad SMARTS) is 1. The normalized spacial score (nSPS) is 11.4. The van der Waals surface area contributed by atoms with E-state index >= 15 is 0 Å². The Hall–Kier alpha value is -2.78. The van der Waals surface area contributed by atoms with Crippen LogP contribution in [0.5, 0.6) is 5.75 Å². The maximum absolute atomic E-state index is 10.9. The van der Waals surface area contributed by atoms with Crippen molar-refractivity contribution in [2.75, 3.05) is 12.4 Å². The number of benzene rings is 1. The topological polar surface area (TPSA) is 95.2 Å². The van der Waals surface area contributed by atoms with Gasteiger partial charge in [0.2, 0.25) is 0 Å². The monoisotopic (exact) mass is 331 g/mol. The molecule has 0 spiro atoms. The molecule has 2 N–H and O–H groups in total. The molecule has 0 aliphatic rings. The number of nitriles is 1. The van der Waals surface area contributed by atoms with Gasteiger partial charge in [0.05, 0.1) is 35.4 Å². The summed E-state index contributed by atoms with van der Waals surface area (Å²) in [6.07, 6.45) is 1.23. The zero-order valence-corrected chi connectivity index (χ0v) is 13.3. The average Bonchev–Trinajstić information content (AvgIpc) is 2.55. The predicted octanol–water partition coefficient (Wildman–Crippen LogP) is 3.49. The molecule has 2 aromatic rings. The molecule has 0 unspecified atom stereocenters. The molecule has 23 heavy (non-hydrogen) atoms. The predicted molar refractivity (Wildman–Crippen MR) is 86.0 cm³/mol. The number of aromatic nitrogens is 1. The van der Waals surface area contributed by atoms with Gasteiger partial charge in [0.15, 0.2) is 0 Å². The van der Waals surface area contributed by atoms with Crippen LogP contribution in [0.3, 0.4) is 0 Å². The first-order valence-corrected chi connectivity index (χ1v) is 7.07. The second kappa shape index (κ2) is 6.99. The van der Waals surface area contributed by atoms with Crippen molar-refractivity contribution >= 4 is 23.4 Å². The number of pyridine rings is 1. The van der Waals surface area contributed by atoms with Gasteiger partial charge in [-0.2, -0.15) is 5.26 Å². The summed E-state index contributed by atoms with van der Waals surface area (Å²) >= 11 is 6.07. The quantitative estimate of drug-likeness (QED) is 0.870. The Morgan fingerprint density at radius 1 is 1.48 bits per heavy atom. The third-order valence-electron chi connectivity index (χ3n) is 3.27. The highest BCUT2D eigenvalue weighted by Gasteiger charge is 2.15. The first-order chi connectivity index (χ1) is 11.0. The van der Waals surface area contributed by atoms with Crippen molar-refractivity contribution in [1.29, 1.82) is 5.26 Å². The van der Waals surface area contributed by atoms with Gasteiger partial charge < -0.3 is 15.2 Å². The number of nitrogens with zero attached hydrogens (tertiary/aromatic N) is 2. The second-order valence-electron chi connectivity index (χ2n) is 4.79. The number of ether oxygens (including phenoxy) is 1. The largest absolute Gasteiger partial charge is 0.496 e. The van der Waals surface area contributed by atoms with Crippen LogP contribution in [0, 0.1) is 11.3 Å². The summed E-state index contributed by atoms with van der Waals surface area (Å²) in [5.41, 5.74) is 1.29. The van der Waals surface area contributed by atoms with Crippen LogP contribution < -0.4 is 10.1 Å². The molecule has 0 radical (unpaired) electrons. The lowest BCUT2D eigenvalue weighted by molar-refractivity contribution is 0.0696. The molecule has 0 saturated heterocycles. The van der Waals surface area contributed by atoms with Crippen molar-refractivity contribution in [3.05, 3.63) is 52.2 Å². The molecule has 0 amide bonds. The number of carboxylic acids is 1. The van der Waals surface area contributed by atoms with Gasteiger partial charge in [0.25, 0.3) is 0 Å².